The predicted octanol–water partition coefficient (Wildman–Crippen LogP) is 2.78. The topological polar surface area (TPSA) is 72.2 Å². The largest absolute Gasteiger partial charge is 0.398 e. The van der Waals surface area contributed by atoms with E-state index in [1.54, 1.807) is 0 Å². The maximum absolute atomic E-state index is 12.1. The van der Waals surface area contributed by atoms with Gasteiger partial charge >= 0.3 is 0 Å². The van der Waals surface area contributed by atoms with Gasteiger partial charge in [0.2, 0.25) is 10.0 Å². The molecule has 1 unspecified atom stereocenters. The van der Waals surface area contributed by atoms with E-state index < -0.39 is 10.0 Å². The van der Waals surface area contributed by atoms with Crippen molar-refractivity contribution in [3.63, 3.8) is 0 Å². The summed E-state index contributed by atoms with van der Waals surface area (Å²) < 4.78 is 26.8. The number of rotatable bonds is 6. The molecule has 0 saturated carbocycles. The number of nitrogens with one attached hydrogen (secondary N) is 1. The van der Waals surface area contributed by atoms with Crippen LogP contribution in [0.5, 0.6) is 0 Å². The molecule has 1 aromatic carbocycles. The zero-order chi connectivity index (χ0) is 13.8. The maximum Gasteiger partial charge on any atom is 0.242 e. The van der Waals surface area contributed by atoms with Crippen LogP contribution in [0.2, 0.25) is 5.02 Å². The van der Waals surface area contributed by atoms with Gasteiger partial charge in [0.15, 0.2) is 0 Å². The second-order valence-electron chi connectivity index (χ2n) is 4.35. The summed E-state index contributed by atoms with van der Waals surface area (Å²) in [7, 11) is -3.57. The molecule has 3 N–H and O–H groups in total. The Balaban J connectivity index is 2.86. The number of sulfonamides is 1. The van der Waals surface area contributed by atoms with E-state index in [0.717, 1.165) is 19.3 Å². The van der Waals surface area contributed by atoms with Gasteiger partial charge in [-0.25, -0.2) is 13.1 Å². The molecule has 0 aliphatic rings. The van der Waals surface area contributed by atoms with Crippen LogP contribution in [0.1, 0.15) is 33.1 Å². The Bertz CT molecular complexity index is 503. The molecule has 0 heterocycles. The van der Waals surface area contributed by atoms with E-state index in [-0.39, 0.29) is 16.6 Å². The van der Waals surface area contributed by atoms with Gasteiger partial charge in [-0.1, -0.05) is 31.4 Å². The average molecular weight is 291 g/mol. The summed E-state index contributed by atoms with van der Waals surface area (Å²) in [5.74, 6) is 0. The van der Waals surface area contributed by atoms with E-state index in [9.17, 15) is 8.42 Å². The lowest BCUT2D eigenvalue weighted by molar-refractivity contribution is 0.534. The van der Waals surface area contributed by atoms with Crippen molar-refractivity contribution in [2.24, 2.45) is 0 Å². The fourth-order valence-corrected chi connectivity index (χ4v) is 3.23. The molecule has 0 fully saturated rings. The minimum Gasteiger partial charge on any atom is -0.398 e. The third-order valence-electron chi connectivity index (χ3n) is 2.61. The Morgan fingerprint density at radius 1 is 1.44 bits per heavy atom. The first-order valence-electron chi connectivity index (χ1n) is 5.94. The van der Waals surface area contributed by atoms with Crippen molar-refractivity contribution in [1.29, 1.82) is 0 Å². The summed E-state index contributed by atoms with van der Waals surface area (Å²) in [6, 6.07) is 4.27. The number of benzene rings is 1. The van der Waals surface area contributed by atoms with Gasteiger partial charge in [-0.2, -0.15) is 0 Å². The quantitative estimate of drug-likeness (QED) is 0.791. The maximum atomic E-state index is 12.1. The third-order valence-corrected chi connectivity index (χ3v) is 4.51. The van der Waals surface area contributed by atoms with E-state index >= 15 is 0 Å². The summed E-state index contributed by atoms with van der Waals surface area (Å²) >= 11 is 5.75. The van der Waals surface area contributed by atoms with E-state index in [1.165, 1.54) is 18.2 Å². The molecule has 102 valence electrons. The Hall–Kier alpha value is -0.780. The summed E-state index contributed by atoms with van der Waals surface area (Å²) in [6.45, 7) is 3.91. The van der Waals surface area contributed by atoms with Crippen molar-refractivity contribution < 1.29 is 8.42 Å². The van der Waals surface area contributed by atoms with E-state index in [1.807, 2.05) is 6.92 Å². The van der Waals surface area contributed by atoms with Crippen LogP contribution in [0.3, 0.4) is 0 Å². The van der Waals surface area contributed by atoms with Crippen LogP contribution in [0.4, 0.5) is 5.69 Å². The van der Waals surface area contributed by atoms with Crippen molar-refractivity contribution in [2.75, 3.05) is 5.73 Å². The highest BCUT2D eigenvalue weighted by atomic mass is 35.5. The van der Waals surface area contributed by atoms with E-state index in [0.29, 0.717) is 5.02 Å². The highest BCUT2D eigenvalue weighted by Crippen LogP contribution is 2.22. The number of nitrogens with two attached hydrogens (primary N) is 1. The van der Waals surface area contributed by atoms with Crippen LogP contribution in [0.25, 0.3) is 0 Å². The molecule has 1 atom stereocenters. The molecule has 0 bridgehead atoms. The Labute approximate surface area is 114 Å². The zero-order valence-electron chi connectivity index (χ0n) is 10.6. The highest BCUT2D eigenvalue weighted by molar-refractivity contribution is 7.89. The molecule has 0 spiro atoms. The summed E-state index contributed by atoms with van der Waals surface area (Å²) in [5.41, 5.74) is 5.84. The normalized spacial score (nSPS) is 13.5. The van der Waals surface area contributed by atoms with Crippen molar-refractivity contribution >= 4 is 27.3 Å². The standard InChI is InChI=1S/C12H19ClN2O2S/c1-3-4-5-9(2)15-18(16,17)12-7-6-10(13)8-11(12)14/h6-9,15H,3-5,14H2,1-2H3. The van der Waals surface area contributed by atoms with E-state index in [2.05, 4.69) is 11.6 Å². The van der Waals surface area contributed by atoms with Crippen LogP contribution in [-0.2, 0) is 10.0 Å². The van der Waals surface area contributed by atoms with Gasteiger partial charge in [0, 0.05) is 11.1 Å². The van der Waals surface area contributed by atoms with Gasteiger partial charge in [-0.15, -0.1) is 0 Å². The Kier molecular flexibility index (Phi) is 5.44. The van der Waals surface area contributed by atoms with Crippen LogP contribution in [0, 0.1) is 0 Å². The zero-order valence-corrected chi connectivity index (χ0v) is 12.2. The first-order valence-corrected chi connectivity index (χ1v) is 7.80. The van der Waals surface area contributed by atoms with Gasteiger partial charge in [0.25, 0.3) is 0 Å². The fraction of sp³-hybridized carbons (Fsp3) is 0.500. The molecule has 6 heteroatoms. The first-order chi connectivity index (χ1) is 8.36. The number of hydrogen-bond donors (Lipinski definition) is 2. The van der Waals surface area contributed by atoms with Crippen LogP contribution < -0.4 is 10.5 Å². The van der Waals surface area contributed by atoms with Crippen LogP contribution in [-0.4, -0.2) is 14.5 Å². The molecule has 1 aromatic rings. The SMILES string of the molecule is CCCCC(C)NS(=O)(=O)c1ccc(Cl)cc1N. The van der Waals surface area contributed by atoms with Crippen molar-refractivity contribution in [3.8, 4) is 0 Å². The molecule has 1 rings (SSSR count). The highest BCUT2D eigenvalue weighted by Gasteiger charge is 2.19. The molecule has 4 nitrogen and oxygen atoms in total. The molecule has 0 aliphatic carbocycles. The lowest BCUT2D eigenvalue weighted by Crippen LogP contribution is -2.32. The summed E-state index contributed by atoms with van der Waals surface area (Å²) in [4.78, 5) is 0.0789. The number of unbranched alkanes of at least 4 members (excludes halogenated alkanes) is 1. The number of nitrogen functional groups attached to an aromatic ring is 1. The smallest absolute Gasteiger partial charge is 0.242 e. The predicted molar refractivity (Wildman–Crippen MR) is 75.2 cm³/mol. The average Bonchev–Trinajstić information content (AvgIpc) is 2.25. The Morgan fingerprint density at radius 3 is 2.67 bits per heavy atom. The summed E-state index contributed by atoms with van der Waals surface area (Å²) in [5, 5.41) is 0.422. The molecule has 0 amide bonds. The molecular weight excluding hydrogens is 272 g/mol. The summed E-state index contributed by atoms with van der Waals surface area (Å²) in [6.07, 6.45) is 2.83. The van der Waals surface area contributed by atoms with Crippen molar-refractivity contribution in [2.45, 2.75) is 44.0 Å². The van der Waals surface area contributed by atoms with Gasteiger partial charge < -0.3 is 5.73 Å². The molecule has 18 heavy (non-hydrogen) atoms. The first kappa shape index (κ1) is 15.3. The minimum atomic E-state index is -3.57. The lowest BCUT2D eigenvalue weighted by Gasteiger charge is -2.15. The van der Waals surface area contributed by atoms with Crippen LogP contribution in [0.15, 0.2) is 23.1 Å². The van der Waals surface area contributed by atoms with Gasteiger partial charge in [0.05, 0.1) is 5.69 Å². The second-order valence-corrected chi connectivity index (χ2v) is 6.47. The molecule has 0 saturated heterocycles. The fourth-order valence-electron chi connectivity index (χ4n) is 1.66. The molecule has 0 aromatic heterocycles. The van der Waals surface area contributed by atoms with Crippen molar-refractivity contribution in [3.05, 3.63) is 23.2 Å². The van der Waals surface area contributed by atoms with Gasteiger partial charge in [0.1, 0.15) is 4.90 Å². The second kappa shape index (κ2) is 6.41. The molecule has 0 aliphatic heterocycles. The Morgan fingerprint density at radius 2 is 2.11 bits per heavy atom. The molecular formula is C12H19ClN2O2S. The third kappa shape index (κ3) is 4.15. The number of halogens is 1. The van der Waals surface area contributed by atoms with Gasteiger partial charge in [-0.05, 0) is 31.5 Å². The van der Waals surface area contributed by atoms with Crippen LogP contribution >= 0.6 is 11.6 Å². The lowest BCUT2D eigenvalue weighted by atomic mass is 10.2. The molecule has 0 radical (unpaired) electrons. The monoisotopic (exact) mass is 290 g/mol. The van der Waals surface area contributed by atoms with Gasteiger partial charge in [-0.3, -0.25) is 0 Å². The minimum absolute atomic E-state index is 0.0789. The van der Waals surface area contributed by atoms with Crippen molar-refractivity contribution in [1.82, 2.24) is 4.72 Å². The number of hydrogen-bond acceptors (Lipinski definition) is 3. The number of anilines is 1. The van der Waals surface area contributed by atoms with E-state index in [4.69, 9.17) is 17.3 Å².